The number of benzene rings is 9. The van der Waals surface area contributed by atoms with Crippen LogP contribution in [0.3, 0.4) is 0 Å². The Morgan fingerprint density at radius 1 is 0.328 bits per heavy atom. The molecule has 64 heavy (non-hydrogen) atoms. The first-order valence-corrected chi connectivity index (χ1v) is 22.4. The second kappa shape index (κ2) is 13.6. The summed E-state index contributed by atoms with van der Waals surface area (Å²) < 4.78 is 9.71. The second-order valence-corrected chi connectivity index (χ2v) is 17.5. The summed E-state index contributed by atoms with van der Waals surface area (Å²) in [6, 6.07) is 73.7. The predicted octanol–water partition coefficient (Wildman–Crippen LogP) is 14.9. The summed E-state index contributed by atoms with van der Waals surface area (Å²) in [4.78, 5) is 16.1. The Kier molecular flexibility index (Phi) is 7.46. The van der Waals surface area contributed by atoms with Gasteiger partial charge in [-0.15, -0.1) is 11.3 Å². The van der Waals surface area contributed by atoms with Crippen molar-refractivity contribution in [2.75, 3.05) is 0 Å². The first kappa shape index (κ1) is 35.2. The van der Waals surface area contributed by atoms with Crippen LogP contribution in [0.1, 0.15) is 0 Å². The Labute approximate surface area is 370 Å². The third-order valence-corrected chi connectivity index (χ3v) is 14.0. The summed E-state index contributed by atoms with van der Waals surface area (Å²) in [5, 5.41) is 9.38. The highest BCUT2D eigenvalue weighted by Crippen LogP contribution is 2.46. The monoisotopic (exact) mass is 834 g/mol. The summed E-state index contributed by atoms with van der Waals surface area (Å²) in [5.41, 5.74) is 10.6. The lowest BCUT2D eigenvalue weighted by molar-refractivity contribution is 0.955. The van der Waals surface area contributed by atoms with Crippen LogP contribution >= 0.6 is 11.3 Å². The molecule has 0 fully saturated rings. The molecule has 0 saturated carbocycles. The molecule has 298 valence electrons. The van der Waals surface area contributed by atoms with E-state index in [1.165, 1.54) is 30.9 Å². The van der Waals surface area contributed by atoms with E-state index in [0.717, 1.165) is 77.1 Å². The predicted molar refractivity (Wildman–Crippen MR) is 267 cm³/mol. The Bertz CT molecular complexity index is 4140. The van der Waals surface area contributed by atoms with Crippen LogP contribution in [0.15, 0.2) is 206 Å². The zero-order valence-corrected chi connectivity index (χ0v) is 35.0. The molecule has 0 aliphatic carbocycles. The minimum Gasteiger partial charge on any atom is -0.307 e. The molecule has 0 atom stereocenters. The normalized spacial score (nSPS) is 12.1. The van der Waals surface area contributed by atoms with Crippen LogP contribution in [0.2, 0.25) is 0 Å². The molecular formula is C57H34N6S. The van der Waals surface area contributed by atoms with E-state index in [1.807, 2.05) is 29.5 Å². The van der Waals surface area contributed by atoms with Gasteiger partial charge in [0.2, 0.25) is 5.95 Å². The van der Waals surface area contributed by atoms with Crippen molar-refractivity contribution in [3.63, 3.8) is 0 Å². The lowest BCUT2D eigenvalue weighted by atomic mass is 10.1. The van der Waals surface area contributed by atoms with Crippen LogP contribution in [0.4, 0.5) is 0 Å². The zero-order valence-electron chi connectivity index (χ0n) is 34.2. The van der Waals surface area contributed by atoms with Gasteiger partial charge in [-0.25, -0.2) is 4.98 Å². The number of hydrogen-bond donors (Lipinski definition) is 0. The van der Waals surface area contributed by atoms with Crippen molar-refractivity contribution >= 4 is 96.9 Å². The number of aromatic nitrogens is 6. The highest BCUT2D eigenvalue weighted by Gasteiger charge is 2.27. The molecule has 0 spiro atoms. The molecule has 0 radical (unpaired) electrons. The van der Waals surface area contributed by atoms with E-state index in [9.17, 15) is 0 Å². The molecule has 0 unspecified atom stereocenters. The van der Waals surface area contributed by atoms with Crippen LogP contribution in [-0.2, 0) is 0 Å². The van der Waals surface area contributed by atoms with Crippen LogP contribution in [0, 0.1) is 0 Å². The van der Waals surface area contributed by atoms with Crippen LogP contribution in [0.25, 0.3) is 126 Å². The summed E-state index contributed by atoms with van der Waals surface area (Å²) in [6.07, 6.45) is 0. The zero-order chi connectivity index (χ0) is 41.9. The first-order chi connectivity index (χ1) is 31.8. The van der Waals surface area contributed by atoms with Gasteiger partial charge in [-0.05, 0) is 66.7 Å². The highest BCUT2D eigenvalue weighted by atomic mass is 32.1. The van der Waals surface area contributed by atoms with Gasteiger partial charge < -0.3 is 9.13 Å². The Morgan fingerprint density at radius 2 is 0.844 bits per heavy atom. The van der Waals surface area contributed by atoms with E-state index in [-0.39, 0.29) is 0 Å². The standard InChI is InChI=1S/C57H34N6S/c1-3-17-35(18-4-1)55-58-56(36-31-32-51-43(33-36)41-24-11-16-30-50(41)64-51)60-57(59-55)63-47-28-14-9-23-40(47)44-34-49(62-45-26-12-7-21-38(45)39-22-8-13-27-46(39)62)54-52(53(44)63)42-25-10-15-29-48(42)61(54)37-19-5-2-6-20-37/h1-34H. The van der Waals surface area contributed by atoms with Crippen molar-refractivity contribution < 1.29 is 0 Å². The molecule has 9 aromatic carbocycles. The van der Waals surface area contributed by atoms with Gasteiger partial charge in [-0.3, -0.25) is 4.57 Å². The quantitative estimate of drug-likeness (QED) is 0.174. The maximum Gasteiger partial charge on any atom is 0.238 e. The molecule has 14 rings (SSSR count). The third kappa shape index (κ3) is 5.04. The SMILES string of the molecule is c1ccc(-c2nc(-c3ccc4sc5ccccc5c4c3)nc(-n3c4ccccc4c4cc(-n5c6ccccc6c6ccccc65)c5c(c6ccccc6n5-c5ccccc5)c43)n2)cc1. The van der Waals surface area contributed by atoms with E-state index >= 15 is 0 Å². The lowest BCUT2D eigenvalue weighted by Gasteiger charge is -2.16. The smallest absolute Gasteiger partial charge is 0.238 e. The van der Waals surface area contributed by atoms with Gasteiger partial charge >= 0.3 is 0 Å². The summed E-state index contributed by atoms with van der Waals surface area (Å²) in [6.45, 7) is 0. The molecule has 6 nitrogen and oxygen atoms in total. The van der Waals surface area contributed by atoms with Crippen molar-refractivity contribution in [2.45, 2.75) is 0 Å². The van der Waals surface area contributed by atoms with Crippen LogP contribution in [0.5, 0.6) is 0 Å². The molecule has 5 aromatic heterocycles. The molecule has 0 aliphatic rings. The number of fused-ring (bicyclic) bond motifs is 13. The fourth-order valence-corrected chi connectivity index (χ4v) is 11.3. The maximum atomic E-state index is 5.48. The fraction of sp³-hybridized carbons (Fsp3) is 0. The number of hydrogen-bond acceptors (Lipinski definition) is 4. The van der Waals surface area contributed by atoms with E-state index in [4.69, 9.17) is 15.0 Å². The Morgan fingerprint density at radius 3 is 1.53 bits per heavy atom. The topological polar surface area (TPSA) is 53.5 Å². The maximum absolute atomic E-state index is 5.48. The van der Waals surface area contributed by atoms with Crippen molar-refractivity contribution in [3.8, 4) is 40.1 Å². The minimum atomic E-state index is 0.563. The molecule has 0 aliphatic heterocycles. The van der Waals surface area contributed by atoms with Crippen molar-refractivity contribution in [2.24, 2.45) is 0 Å². The van der Waals surface area contributed by atoms with E-state index < -0.39 is 0 Å². The van der Waals surface area contributed by atoms with Crippen molar-refractivity contribution in [3.05, 3.63) is 206 Å². The molecular weight excluding hydrogens is 801 g/mol. The van der Waals surface area contributed by atoms with Gasteiger partial charge in [0.05, 0.1) is 38.8 Å². The van der Waals surface area contributed by atoms with Crippen LogP contribution < -0.4 is 0 Å². The summed E-state index contributed by atoms with van der Waals surface area (Å²) in [5.74, 6) is 1.80. The van der Waals surface area contributed by atoms with Gasteiger partial charge in [0.25, 0.3) is 0 Å². The molecule has 0 amide bonds. The van der Waals surface area contributed by atoms with Gasteiger partial charge in [-0.2, -0.15) is 9.97 Å². The molecule has 14 aromatic rings. The molecule has 7 heteroatoms. The molecule has 5 heterocycles. The number of nitrogens with zero attached hydrogens (tertiary/aromatic N) is 6. The van der Waals surface area contributed by atoms with E-state index in [1.54, 1.807) is 0 Å². The largest absolute Gasteiger partial charge is 0.307 e. The highest BCUT2D eigenvalue weighted by molar-refractivity contribution is 7.25. The molecule has 0 N–H and O–H groups in total. The fourth-order valence-electron chi connectivity index (χ4n) is 10.2. The van der Waals surface area contributed by atoms with Gasteiger partial charge in [0.1, 0.15) is 0 Å². The summed E-state index contributed by atoms with van der Waals surface area (Å²) >= 11 is 1.81. The van der Waals surface area contributed by atoms with Crippen molar-refractivity contribution in [1.29, 1.82) is 0 Å². The number of thiophene rings is 1. The average molecular weight is 835 g/mol. The lowest BCUT2D eigenvalue weighted by Crippen LogP contribution is -2.07. The van der Waals surface area contributed by atoms with Crippen LogP contribution in [-0.4, -0.2) is 28.7 Å². The third-order valence-electron chi connectivity index (χ3n) is 12.9. The first-order valence-electron chi connectivity index (χ1n) is 21.5. The van der Waals surface area contributed by atoms with Gasteiger partial charge in [0, 0.05) is 69.3 Å². The molecule has 0 saturated heterocycles. The van der Waals surface area contributed by atoms with Crippen molar-refractivity contribution in [1.82, 2.24) is 28.7 Å². The average Bonchev–Trinajstić information content (AvgIpc) is 4.11. The Balaban J connectivity index is 1.16. The number of para-hydroxylation sites is 5. The van der Waals surface area contributed by atoms with E-state index in [2.05, 4.69) is 202 Å². The van der Waals surface area contributed by atoms with Gasteiger partial charge in [-0.1, -0.05) is 140 Å². The van der Waals surface area contributed by atoms with Gasteiger partial charge in [0.15, 0.2) is 11.6 Å². The minimum absolute atomic E-state index is 0.563. The van der Waals surface area contributed by atoms with E-state index in [0.29, 0.717) is 17.6 Å². The molecule has 0 bridgehead atoms. The summed E-state index contributed by atoms with van der Waals surface area (Å²) in [7, 11) is 0. The number of rotatable bonds is 5. The Hall–Kier alpha value is -8.39. The second-order valence-electron chi connectivity index (χ2n) is 16.4.